The number of hydrogen-bond donors (Lipinski definition) is 1. The minimum atomic E-state index is -0.729. The van der Waals surface area contributed by atoms with Gasteiger partial charge in [-0.25, -0.2) is 13.2 Å². The molecule has 1 amide bonds. The van der Waals surface area contributed by atoms with Gasteiger partial charge in [0.05, 0.1) is 28.9 Å². The van der Waals surface area contributed by atoms with Gasteiger partial charge in [-0.15, -0.1) is 0 Å². The lowest BCUT2D eigenvalue weighted by atomic mass is 9.91. The lowest BCUT2D eigenvalue weighted by molar-refractivity contribution is 0.0705. The topological polar surface area (TPSA) is 67.9 Å². The van der Waals surface area contributed by atoms with Gasteiger partial charge in [0.2, 0.25) is 0 Å². The zero-order chi connectivity index (χ0) is 25.9. The maximum absolute atomic E-state index is 14.4. The van der Waals surface area contributed by atoms with Crippen molar-refractivity contribution in [3.05, 3.63) is 75.2 Å². The van der Waals surface area contributed by atoms with Crippen molar-refractivity contribution in [3.8, 4) is 5.75 Å². The average molecular weight is 508 g/mol. The first-order valence-electron chi connectivity index (χ1n) is 11.4. The maximum Gasteiger partial charge on any atom is 0.256 e. The first kappa shape index (κ1) is 26.6. The molecule has 1 aliphatic heterocycles. The van der Waals surface area contributed by atoms with E-state index in [1.807, 2.05) is 13.8 Å². The van der Waals surface area contributed by atoms with Crippen LogP contribution in [0.5, 0.6) is 5.75 Å². The largest absolute Gasteiger partial charge is 0.492 e. The first-order valence-corrected chi connectivity index (χ1v) is 11.8. The Kier molecular flexibility index (Phi) is 8.48. The molecule has 9 heteroatoms. The molecule has 2 atom stereocenters. The Morgan fingerprint density at radius 1 is 1.20 bits per heavy atom. The number of rotatable bonds is 7. The van der Waals surface area contributed by atoms with Crippen molar-refractivity contribution in [1.29, 1.82) is 0 Å². The number of ether oxygens (including phenoxy) is 1. The summed E-state index contributed by atoms with van der Waals surface area (Å²) in [5.41, 5.74) is 7.91. The highest BCUT2D eigenvalue weighted by molar-refractivity contribution is 6.35. The Labute approximate surface area is 208 Å². The van der Waals surface area contributed by atoms with Gasteiger partial charge in [0.15, 0.2) is 0 Å². The minimum absolute atomic E-state index is 0.0227. The number of carbonyl (C=O) groups excluding carboxylic acids is 1. The molecule has 2 N–H and O–H groups in total. The van der Waals surface area contributed by atoms with Crippen LogP contribution in [0.3, 0.4) is 0 Å². The fourth-order valence-electron chi connectivity index (χ4n) is 3.98. The quantitative estimate of drug-likeness (QED) is 0.485. The van der Waals surface area contributed by atoms with Gasteiger partial charge >= 0.3 is 0 Å². The third-order valence-corrected chi connectivity index (χ3v) is 6.62. The van der Waals surface area contributed by atoms with E-state index in [1.54, 1.807) is 6.92 Å². The molecule has 0 radical (unpaired) electrons. The molecule has 0 saturated carbocycles. The van der Waals surface area contributed by atoms with Gasteiger partial charge in [0, 0.05) is 42.6 Å². The van der Waals surface area contributed by atoms with Crippen molar-refractivity contribution in [2.24, 2.45) is 16.6 Å². The van der Waals surface area contributed by atoms with Crippen LogP contribution in [0, 0.1) is 23.4 Å². The third kappa shape index (κ3) is 5.81. The molecule has 2 aromatic carbocycles. The van der Waals surface area contributed by atoms with Crippen LogP contribution in [0.1, 0.15) is 49.5 Å². The van der Waals surface area contributed by atoms with E-state index in [0.717, 1.165) is 24.6 Å². The number of halogens is 4. The van der Waals surface area contributed by atoms with Gasteiger partial charge in [-0.1, -0.05) is 31.9 Å². The van der Waals surface area contributed by atoms with Gasteiger partial charge in [-0.05, 0) is 37.5 Å². The van der Waals surface area contributed by atoms with Crippen LogP contribution in [0.15, 0.2) is 46.6 Å². The highest BCUT2D eigenvalue weighted by Gasteiger charge is 2.32. The molecule has 1 heterocycles. The predicted molar refractivity (Wildman–Crippen MR) is 132 cm³/mol. The summed E-state index contributed by atoms with van der Waals surface area (Å²) >= 11 is 6.44. The van der Waals surface area contributed by atoms with Gasteiger partial charge in [0.25, 0.3) is 5.91 Å². The van der Waals surface area contributed by atoms with Crippen LogP contribution < -0.4 is 10.5 Å². The smallest absolute Gasteiger partial charge is 0.256 e. The van der Waals surface area contributed by atoms with Crippen LogP contribution in [-0.2, 0) is 0 Å². The monoisotopic (exact) mass is 507 g/mol. The number of hydrogen-bond acceptors (Lipinski definition) is 4. The summed E-state index contributed by atoms with van der Waals surface area (Å²) in [6.07, 6.45) is 1.17. The Hall–Kier alpha value is -3.00. The van der Waals surface area contributed by atoms with E-state index < -0.39 is 29.4 Å². The van der Waals surface area contributed by atoms with Crippen LogP contribution in [0.4, 0.5) is 13.2 Å². The van der Waals surface area contributed by atoms with Crippen LogP contribution >= 0.6 is 11.6 Å². The molecule has 0 fully saturated rings. The molecule has 0 spiro atoms. The van der Waals surface area contributed by atoms with Gasteiger partial charge in [0.1, 0.15) is 23.2 Å². The van der Waals surface area contributed by atoms with Crippen molar-refractivity contribution >= 4 is 23.2 Å². The predicted octanol–water partition coefficient (Wildman–Crippen LogP) is 5.75. The molecule has 2 aromatic rings. The van der Waals surface area contributed by atoms with Crippen molar-refractivity contribution < 1.29 is 22.7 Å². The second-order valence-corrected chi connectivity index (χ2v) is 9.06. The summed E-state index contributed by atoms with van der Waals surface area (Å²) < 4.78 is 47.6. The van der Waals surface area contributed by atoms with Gasteiger partial charge in [-0.3, -0.25) is 9.79 Å². The minimum Gasteiger partial charge on any atom is -0.492 e. The number of amides is 1. The molecule has 35 heavy (non-hydrogen) atoms. The summed E-state index contributed by atoms with van der Waals surface area (Å²) in [5.74, 6) is -2.25. The fourth-order valence-corrected chi connectivity index (χ4v) is 4.23. The molecular formula is C26H29ClF3N3O2. The molecule has 3 rings (SSSR count). The summed E-state index contributed by atoms with van der Waals surface area (Å²) in [5, 5.41) is 0.0336. The van der Waals surface area contributed by atoms with Crippen LogP contribution in [0.2, 0.25) is 5.02 Å². The second kappa shape index (κ2) is 11.2. The number of nitrogens with two attached hydrogens (primary N) is 1. The molecule has 5 nitrogen and oxygen atoms in total. The van der Waals surface area contributed by atoms with E-state index >= 15 is 0 Å². The summed E-state index contributed by atoms with van der Waals surface area (Å²) in [6, 6.07) is 4.79. The molecule has 1 unspecified atom stereocenters. The van der Waals surface area contributed by atoms with Crippen molar-refractivity contribution in [2.45, 2.75) is 39.7 Å². The van der Waals surface area contributed by atoms with Gasteiger partial charge in [-0.2, -0.15) is 0 Å². The fraction of sp³-hybridized carbons (Fsp3) is 0.385. The Bertz CT molecular complexity index is 1160. The summed E-state index contributed by atoms with van der Waals surface area (Å²) in [7, 11) is 1.51. The van der Waals surface area contributed by atoms with Crippen LogP contribution in [0.25, 0.3) is 0 Å². The van der Waals surface area contributed by atoms with Gasteiger partial charge < -0.3 is 15.4 Å². The van der Waals surface area contributed by atoms with Crippen molar-refractivity contribution in [2.75, 3.05) is 20.2 Å². The average Bonchev–Trinajstić information content (AvgIpc) is 2.81. The Morgan fingerprint density at radius 2 is 1.83 bits per heavy atom. The highest BCUT2D eigenvalue weighted by atomic mass is 35.5. The molecule has 1 aliphatic rings. The van der Waals surface area contributed by atoms with E-state index in [4.69, 9.17) is 22.1 Å². The lowest BCUT2D eigenvalue weighted by Gasteiger charge is -2.36. The van der Waals surface area contributed by atoms with Crippen LogP contribution in [-0.4, -0.2) is 42.8 Å². The maximum atomic E-state index is 14.4. The second-order valence-electron chi connectivity index (χ2n) is 8.68. The molecular weight excluding hydrogens is 479 g/mol. The zero-order valence-corrected chi connectivity index (χ0v) is 20.9. The molecule has 0 bridgehead atoms. The standard InChI is InChI=1S/C26H29ClF3N3O2/c1-5-14(2)13-35-22-12-19(30)11-21(23(22)27)26(34)33-7-6-20(24(31)15(33)3)25(32-4)16-8-17(28)10-18(29)9-16/h8-12,14-15H,5-7,13,31H2,1-4H3/t14?,15-/m0/s1. The highest BCUT2D eigenvalue weighted by Crippen LogP contribution is 2.33. The molecule has 188 valence electrons. The number of carbonyl (C=O) groups is 1. The van der Waals surface area contributed by atoms with E-state index in [1.165, 1.54) is 24.1 Å². The number of aliphatic imine (C=N–C) groups is 1. The SMILES string of the molecule is CCC(C)COc1cc(F)cc(C(=O)N2CCC(C(=NC)c3cc(F)cc(F)c3)=C(N)[C@@H]2C)c1Cl. The first-order chi connectivity index (χ1) is 16.6. The van der Waals surface area contributed by atoms with E-state index in [2.05, 4.69) is 4.99 Å². The number of benzene rings is 2. The molecule has 0 aliphatic carbocycles. The Balaban J connectivity index is 1.91. The van der Waals surface area contributed by atoms with Crippen molar-refractivity contribution in [1.82, 2.24) is 4.90 Å². The Morgan fingerprint density at radius 3 is 2.43 bits per heavy atom. The van der Waals surface area contributed by atoms with Crippen molar-refractivity contribution in [3.63, 3.8) is 0 Å². The number of nitrogens with zero attached hydrogens (tertiary/aromatic N) is 2. The summed E-state index contributed by atoms with van der Waals surface area (Å²) in [4.78, 5) is 19.1. The normalized spacial score (nSPS) is 17.5. The lowest BCUT2D eigenvalue weighted by Crippen LogP contribution is -2.46. The van der Waals surface area contributed by atoms with E-state index in [0.29, 0.717) is 23.6 Å². The third-order valence-electron chi connectivity index (χ3n) is 6.23. The summed E-state index contributed by atoms with van der Waals surface area (Å²) in [6.45, 7) is 6.29. The van der Waals surface area contributed by atoms with E-state index in [9.17, 15) is 18.0 Å². The molecule has 0 aromatic heterocycles. The molecule has 0 saturated heterocycles. The van der Waals surface area contributed by atoms with E-state index in [-0.39, 0.29) is 40.8 Å². The zero-order valence-electron chi connectivity index (χ0n) is 20.2.